The quantitative estimate of drug-likeness (QED) is 0.603. The van der Waals surface area contributed by atoms with Gasteiger partial charge in [-0.2, -0.15) is 0 Å². The molecule has 8 heteroatoms. The van der Waals surface area contributed by atoms with E-state index in [0.29, 0.717) is 5.70 Å². The van der Waals surface area contributed by atoms with Crippen molar-refractivity contribution < 1.29 is 8.42 Å². The van der Waals surface area contributed by atoms with E-state index in [1.54, 1.807) is 24.7 Å². The van der Waals surface area contributed by atoms with E-state index in [-0.39, 0.29) is 4.90 Å². The number of benzene rings is 2. The highest BCUT2D eigenvalue weighted by Crippen LogP contribution is 2.16. The molecule has 0 bridgehead atoms. The van der Waals surface area contributed by atoms with E-state index in [2.05, 4.69) is 37.7 Å². The summed E-state index contributed by atoms with van der Waals surface area (Å²) in [7, 11) is -3.68. The van der Waals surface area contributed by atoms with Crippen LogP contribution in [-0.4, -0.2) is 18.0 Å². The number of halogens is 1. The van der Waals surface area contributed by atoms with E-state index in [1.807, 2.05) is 35.0 Å². The molecule has 3 aromatic rings. The Morgan fingerprint density at radius 2 is 1.76 bits per heavy atom. The Kier molecular flexibility index (Phi) is 5.03. The van der Waals surface area contributed by atoms with Gasteiger partial charge in [0.25, 0.3) is 10.0 Å². The highest BCUT2D eigenvalue weighted by molar-refractivity contribution is 9.10. The minimum absolute atomic E-state index is 0.159. The number of nitrogens with one attached hydrogen (secondary N) is 2. The lowest BCUT2D eigenvalue weighted by molar-refractivity contribution is 0.576. The van der Waals surface area contributed by atoms with Gasteiger partial charge in [0.2, 0.25) is 0 Å². The number of nitrogens with zero attached hydrogens (tertiary/aromatic N) is 2. The van der Waals surface area contributed by atoms with Crippen molar-refractivity contribution in [2.45, 2.75) is 4.90 Å². The molecule has 3 rings (SSSR count). The molecule has 1 heterocycles. The lowest BCUT2D eigenvalue weighted by Gasteiger charge is -2.12. The van der Waals surface area contributed by atoms with Crippen LogP contribution in [0.3, 0.4) is 0 Å². The Labute approximate surface area is 154 Å². The first-order valence-corrected chi connectivity index (χ1v) is 9.54. The van der Waals surface area contributed by atoms with Gasteiger partial charge in [-0.25, -0.2) is 13.4 Å². The third-order valence-electron chi connectivity index (χ3n) is 3.48. The molecule has 25 heavy (non-hydrogen) atoms. The number of hydrazine groups is 1. The Balaban J connectivity index is 1.67. The summed E-state index contributed by atoms with van der Waals surface area (Å²) in [6.07, 6.45) is 5.24. The molecule has 0 amide bonds. The number of imidazole rings is 1. The minimum Gasteiger partial charge on any atom is -0.308 e. The SMILES string of the molecule is C=C(NNS(=O)(=O)c1ccc(Br)cc1)c1ccc(-n2ccnc2)cc1. The summed E-state index contributed by atoms with van der Waals surface area (Å²) < 4.78 is 27.2. The van der Waals surface area contributed by atoms with Gasteiger partial charge < -0.3 is 9.99 Å². The molecule has 0 aliphatic heterocycles. The summed E-state index contributed by atoms with van der Waals surface area (Å²) in [6.45, 7) is 3.86. The molecule has 1 aromatic heterocycles. The maximum absolute atomic E-state index is 12.2. The van der Waals surface area contributed by atoms with Crippen LogP contribution in [0.2, 0.25) is 0 Å². The molecule has 6 nitrogen and oxygen atoms in total. The third kappa shape index (κ3) is 4.16. The highest BCUT2D eigenvalue weighted by atomic mass is 79.9. The van der Waals surface area contributed by atoms with Crippen LogP contribution in [-0.2, 0) is 10.0 Å². The topological polar surface area (TPSA) is 76.0 Å². The van der Waals surface area contributed by atoms with Crippen LogP contribution in [0.4, 0.5) is 0 Å². The average Bonchev–Trinajstić information content (AvgIpc) is 3.15. The predicted octanol–water partition coefficient (Wildman–Crippen LogP) is 3.09. The van der Waals surface area contributed by atoms with E-state index >= 15 is 0 Å². The van der Waals surface area contributed by atoms with E-state index in [4.69, 9.17) is 0 Å². The zero-order valence-corrected chi connectivity index (χ0v) is 15.5. The Bertz CT molecular complexity index is 967. The molecule has 0 aliphatic carbocycles. The molecule has 0 aliphatic rings. The van der Waals surface area contributed by atoms with E-state index in [0.717, 1.165) is 15.7 Å². The summed E-state index contributed by atoms with van der Waals surface area (Å²) >= 11 is 3.27. The van der Waals surface area contributed by atoms with Crippen LogP contribution in [0.25, 0.3) is 11.4 Å². The van der Waals surface area contributed by atoms with Crippen LogP contribution in [0.5, 0.6) is 0 Å². The minimum atomic E-state index is -3.68. The number of rotatable bonds is 6. The predicted molar refractivity (Wildman–Crippen MR) is 100 cm³/mol. The molecule has 0 fully saturated rings. The van der Waals surface area contributed by atoms with Crippen molar-refractivity contribution in [3.05, 3.63) is 83.9 Å². The smallest absolute Gasteiger partial charge is 0.257 e. The van der Waals surface area contributed by atoms with Crippen LogP contribution >= 0.6 is 15.9 Å². The maximum Gasteiger partial charge on any atom is 0.257 e. The van der Waals surface area contributed by atoms with Gasteiger partial charge in [0.1, 0.15) is 0 Å². The number of sulfonamides is 1. The number of hydrogen-bond acceptors (Lipinski definition) is 4. The second-order valence-electron chi connectivity index (χ2n) is 5.18. The zero-order valence-electron chi connectivity index (χ0n) is 13.1. The van der Waals surface area contributed by atoms with Gasteiger partial charge in [-0.3, -0.25) is 0 Å². The third-order valence-corrected chi connectivity index (χ3v) is 5.27. The highest BCUT2D eigenvalue weighted by Gasteiger charge is 2.13. The van der Waals surface area contributed by atoms with Crippen molar-refractivity contribution >= 4 is 31.7 Å². The first kappa shape index (κ1) is 17.4. The van der Waals surface area contributed by atoms with Gasteiger partial charge >= 0.3 is 0 Å². The number of aromatic nitrogens is 2. The van der Waals surface area contributed by atoms with E-state index < -0.39 is 10.0 Å². The Morgan fingerprint density at radius 3 is 2.36 bits per heavy atom. The lowest BCUT2D eigenvalue weighted by atomic mass is 10.1. The van der Waals surface area contributed by atoms with Crippen molar-refractivity contribution in [3.63, 3.8) is 0 Å². The van der Waals surface area contributed by atoms with Gasteiger partial charge in [0.05, 0.1) is 11.2 Å². The molecular formula is C17H15BrN4O2S. The van der Waals surface area contributed by atoms with Gasteiger partial charge in [0.15, 0.2) is 0 Å². The molecule has 0 saturated carbocycles. The van der Waals surface area contributed by atoms with Crippen molar-refractivity contribution in [1.29, 1.82) is 0 Å². The van der Waals surface area contributed by atoms with Crippen LogP contribution < -0.4 is 10.3 Å². The standard InChI is InChI=1S/C17H15BrN4O2S/c1-13(14-2-6-16(7-3-14)22-11-10-19-12-22)20-21-25(23,24)17-8-4-15(18)5-9-17/h2-12,20-21H,1H2. The van der Waals surface area contributed by atoms with Gasteiger partial charge in [-0.1, -0.05) is 34.6 Å². The first-order valence-electron chi connectivity index (χ1n) is 7.27. The van der Waals surface area contributed by atoms with E-state index in [1.165, 1.54) is 12.1 Å². The van der Waals surface area contributed by atoms with Crippen molar-refractivity contribution in [1.82, 2.24) is 19.8 Å². The Morgan fingerprint density at radius 1 is 1.08 bits per heavy atom. The summed E-state index contributed by atoms with van der Waals surface area (Å²) in [4.78, 5) is 6.49. The van der Waals surface area contributed by atoms with Gasteiger partial charge in [0, 0.05) is 28.3 Å². The second kappa shape index (κ2) is 7.22. The molecule has 0 radical (unpaired) electrons. The molecular weight excluding hydrogens is 404 g/mol. The largest absolute Gasteiger partial charge is 0.308 e. The van der Waals surface area contributed by atoms with Crippen LogP contribution in [0.15, 0.2) is 83.2 Å². The summed E-state index contributed by atoms with van der Waals surface area (Å²) in [5.74, 6) is 0. The molecule has 0 spiro atoms. The molecule has 0 unspecified atom stereocenters. The molecule has 128 valence electrons. The van der Waals surface area contributed by atoms with E-state index in [9.17, 15) is 8.42 Å². The number of hydrogen-bond donors (Lipinski definition) is 2. The van der Waals surface area contributed by atoms with Crippen molar-refractivity contribution in [3.8, 4) is 5.69 Å². The summed E-state index contributed by atoms with van der Waals surface area (Å²) in [5.41, 5.74) is 4.80. The fourth-order valence-electron chi connectivity index (χ4n) is 2.12. The van der Waals surface area contributed by atoms with Crippen molar-refractivity contribution in [2.24, 2.45) is 0 Å². The monoisotopic (exact) mass is 418 g/mol. The Hall–Kier alpha value is -2.42. The maximum atomic E-state index is 12.2. The van der Waals surface area contributed by atoms with Crippen molar-refractivity contribution in [2.75, 3.05) is 0 Å². The molecule has 0 saturated heterocycles. The van der Waals surface area contributed by atoms with Gasteiger partial charge in [-0.15, -0.1) is 4.83 Å². The second-order valence-corrected chi connectivity index (χ2v) is 7.78. The zero-order chi connectivity index (χ0) is 17.9. The summed E-state index contributed by atoms with van der Waals surface area (Å²) in [6, 6.07) is 13.8. The molecule has 2 N–H and O–H groups in total. The summed E-state index contributed by atoms with van der Waals surface area (Å²) in [5, 5.41) is 0. The van der Waals surface area contributed by atoms with Crippen LogP contribution in [0.1, 0.15) is 5.56 Å². The normalized spacial score (nSPS) is 11.2. The fourth-order valence-corrected chi connectivity index (χ4v) is 3.25. The van der Waals surface area contributed by atoms with Crippen LogP contribution in [0, 0.1) is 0 Å². The average molecular weight is 419 g/mol. The molecule has 2 aromatic carbocycles. The van der Waals surface area contributed by atoms with Gasteiger partial charge in [-0.05, 0) is 42.0 Å². The molecule has 0 atom stereocenters. The first-order chi connectivity index (χ1) is 12.0. The fraction of sp³-hybridized carbons (Fsp3) is 0. The lowest BCUT2D eigenvalue weighted by Crippen LogP contribution is -2.35.